The first-order chi connectivity index (χ1) is 11.8. The molecule has 120 valence electrons. The highest BCUT2D eigenvalue weighted by molar-refractivity contribution is 5.95. The van der Waals surface area contributed by atoms with Crippen molar-refractivity contribution in [3.8, 4) is 0 Å². The Morgan fingerprint density at radius 2 is 2.04 bits per heavy atom. The van der Waals surface area contributed by atoms with Crippen LogP contribution in [0.25, 0.3) is 0 Å². The van der Waals surface area contributed by atoms with E-state index in [-0.39, 0.29) is 11.8 Å². The van der Waals surface area contributed by atoms with E-state index >= 15 is 0 Å². The Labute approximate surface area is 140 Å². The van der Waals surface area contributed by atoms with E-state index in [1.807, 2.05) is 42.6 Å². The molecule has 0 amide bonds. The molecule has 1 aromatic carbocycles. The van der Waals surface area contributed by atoms with Crippen molar-refractivity contribution in [3.63, 3.8) is 0 Å². The summed E-state index contributed by atoms with van der Waals surface area (Å²) in [6, 6.07) is 13.9. The Kier molecular flexibility index (Phi) is 3.91. The van der Waals surface area contributed by atoms with Crippen molar-refractivity contribution < 1.29 is 4.79 Å². The van der Waals surface area contributed by atoms with Crippen molar-refractivity contribution in [1.82, 2.24) is 20.0 Å². The number of aryl methyl sites for hydroxylation is 1. The molecule has 2 heterocycles. The van der Waals surface area contributed by atoms with Gasteiger partial charge in [-0.2, -0.15) is 0 Å². The molecule has 5 nitrogen and oxygen atoms in total. The third-order valence-electron chi connectivity index (χ3n) is 4.49. The van der Waals surface area contributed by atoms with Gasteiger partial charge in [-0.15, -0.1) is 5.10 Å². The van der Waals surface area contributed by atoms with Crippen LogP contribution in [0.15, 0.2) is 54.9 Å². The molecule has 0 N–H and O–H groups in total. The average molecular weight is 318 g/mol. The number of fused-ring (bicyclic) bond motifs is 1. The molecule has 1 aliphatic carbocycles. The van der Waals surface area contributed by atoms with Crippen LogP contribution in [0.4, 0.5) is 0 Å². The minimum atomic E-state index is -0.00972. The summed E-state index contributed by atoms with van der Waals surface area (Å²) in [5.74, 6) is -0.00972. The largest absolute Gasteiger partial charge is 0.292 e. The average Bonchev–Trinajstić information content (AvgIpc) is 3.12. The minimum absolute atomic E-state index is 0.00972. The number of hydrogen-bond acceptors (Lipinski definition) is 4. The molecule has 0 saturated carbocycles. The molecule has 0 aliphatic heterocycles. The highest BCUT2D eigenvalue weighted by atomic mass is 16.1. The lowest BCUT2D eigenvalue weighted by molar-refractivity contribution is 0.0988. The molecule has 24 heavy (non-hydrogen) atoms. The molecule has 3 aromatic rings. The van der Waals surface area contributed by atoms with Gasteiger partial charge in [0.1, 0.15) is 5.69 Å². The lowest BCUT2D eigenvalue weighted by Gasteiger charge is -2.23. The first-order valence-corrected chi connectivity index (χ1v) is 8.24. The van der Waals surface area contributed by atoms with Crippen molar-refractivity contribution in [2.75, 3.05) is 0 Å². The first-order valence-electron chi connectivity index (χ1n) is 8.24. The zero-order valence-corrected chi connectivity index (χ0v) is 13.3. The Bertz CT molecular complexity index is 857. The Morgan fingerprint density at radius 3 is 2.92 bits per heavy atom. The Morgan fingerprint density at radius 1 is 1.17 bits per heavy atom. The summed E-state index contributed by atoms with van der Waals surface area (Å²) in [4.78, 5) is 16.9. The molecule has 4 rings (SSSR count). The van der Waals surface area contributed by atoms with Crippen LogP contribution in [0.5, 0.6) is 0 Å². The maximum absolute atomic E-state index is 12.4. The van der Waals surface area contributed by atoms with E-state index in [4.69, 9.17) is 0 Å². The van der Waals surface area contributed by atoms with Gasteiger partial charge in [-0.05, 0) is 36.5 Å². The molecule has 1 unspecified atom stereocenters. The van der Waals surface area contributed by atoms with Gasteiger partial charge in [0.05, 0.1) is 17.9 Å². The molecule has 5 heteroatoms. The summed E-state index contributed by atoms with van der Waals surface area (Å²) in [7, 11) is 0. The molecule has 0 bridgehead atoms. The maximum atomic E-state index is 12.4. The van der Waals surface area contributed by atoms with Gasteiger partial charge < -0.3 is 0 Å². The van der Waals surface area contributed by atoms with E-state index in [2.05, 4.69) is 21.4 Å². The molecule has 2 aromatic heterocycles. The highest BCUT2D eigenvalue weighted by Crippen LogP contribution is 2.30. The van der Waals surface area contributed by atoms with E-state index in [1.54, 1.807) is 10.9 Å². The molecular formula is C19H18N4O. The number of carbonyl (C=O) groups excluding carboxylic acids is 1. The number of rotatable bonds is 4. The summed E-state index contributed by atoms with van der Waals surface area (Å²) in [5.41, 5.74) is 3.72. The molecular weight excluding hydrogens is 300 g/mol. The van der Waals surface area contributed by atoms with Crippen LogP contribution in [-0.2, 0) is 12.8 Å². The predicted octanol–water partition coefficient (Wildman–Crippen LogP) is 3.02. The SMILES string of the molecule is O=C(Cc1ccccc1)c1cn(C2CCCc3cccnc32)nn1. The lowest BCUT2D eigenvalue weighted by Crippen LogP contribution is -2.19. The first kappa shape index (κ1) is 14.8. The second-order valence-electron chi connectivity index (χ2n) is 6.13. The fraction of sp³-hybridized carbons (Fsp3) is 0.263. The van der Waals surface area contributed by atoms with Crippen LogP contribution >= 0.6 is 0 Å². The maximum Gasteiger partial charge on any atom is 0.189 e. The predicted molar refractivity (Wildman–Crippen MR) is 89.8 cm³/mol. The van der Waals surface area contributed by atoms with Gasteiger partial charge >= 0.3 is 0 Å². The summed E-state index contributed by atoms with van der Waals surface area (Å²) in [6.45, 7) is 0. The Hall–Kier alpha value is -2.82. The van der Waals surface area contributed by atoms with Gasteiger partial charge in [0, 0.05) is 12.6 Å². The van der Waals surface area contributed by atoms with Crippen LogP contribution in [0.1, 0.15) is 46.2 Å². The molecule has 0 fully saturated rings. The van der Waals surface area contributed by atoms with Gasteiger partial charge in [0.25, 0.3) is 0 Å². The molecule has 0 spiro atoms. The van der Waals surface area contributed by atoms with Crippen molar-refractivity contribution >= 4 is 5.78 Å². The van der Waals surface area contributed by atoms with E-state index in [1.165, 1.54) is 5.56 Å². The summed E-state index contributed by atoms with van der Waals surface area (Å²) in [6.07, 6.45) is 7.04. The monoisotopic (exact) mass is 318 g/mol. The number of nitrogens with zero attached hydrogens (tertiary/aromatic N) is 4. The number of hydrogen-bond donors (Lipinski definition) is 0. The van der Waals surface area contributed by atoms with Gasteiger partial charge in [0.2, 0.25) is 0 Å². The van der Waals surface area contributed by atoms with Crippen molar-refractivity contribution in [2.24, 2.45) is 0 Å². The number of ketones is 1. The van der Waals surface area contributed by atoms with Gasteiger partial charge in [-0.3, -0.25) is 9.78 Å². The number of Topliss-reactive ketones (excluding diaryl/α,β-unsaturated/α-hetero) is 1. The molecule has 0 saturated heterocycles. The van der Waals surface area contributed by atoms with Gasteiger partial charge in [-0.25, -0.2) is 4.68 Å². The van der Waals surface area contributed by atoms with Crippen LogP contribution in [0.2, 0.25) is 0 Å². The van der Waals surface area contributed by atoms with E-state index < -0.39 is 0 Å². The van der Waals surface area contributed by atoms with Crippen molar-refractivity contribution in [2.45, 2.75) is 31.7 Å². The summed E-state index contributed by atoms with van der Waals surface area (Å²) < 4.78 is 1.79. The lowest BCUT2D eigenvalue weighted by atomic mass is 9.92. The van der Waals surface area contributed by atoms with Crippen LogP contribution in [-0.4, -0.2) is 25.8 Å². The van der Waals surface area contributed by atoms with E-state index in [0.717, 1.165) is 30.5 Å². The smallest absolute Gasteiger partial charge is 0.189 e. The molecule has 1 atom stereocenters. The van der Waals surface area contributed by atoms with E-state index in [0.29, 0.717) is 12.1 Å². The minimum Gasteiger partial charge on any atom is -0.292 e. The zero-order chi connectivity index (χ0) is 16.4. The fourth-order valence-electron chi connectivity index (χ4n) is 3.27. The summed E-state index contributed by atoms with van der Waals surface area (Å²) in [5, 5.41) is 8.30. The second kappa shape index (κ2) is 6.35. The fourth-order valence-corrected chi connectivity index (χ4v) is 3.27. The highest BCUT2D eigenvalue weighted by Gasteiger charge is 2.24. The topological polar surface area (TPSA) is 60.7 Å². The van der Waals surface area contributed by atoms with Crippen LogP contribution < -0.4 is 0 Å². The normalized spacial score (nSPS) is 16.6. The Balaban J connectivity index is 1.56. The molecule has 0 radical (unpaired) electrons. The number of benzene rings is 1. The van der Waals surface area contributed by atoms with Gasteiger partial charge in [-0.1, -0.05) is 41.6 Å². The van der Waals surface area contributed by atoms with Crippen LogP contribution in [0, 0.1) is 0 Å². The van der Waals surface area contributed by atoms with Gasteiger partial charge in [0.15, 0.2) is 5.78 Å². The molecule has 1 aliphatic rings. The number of pyridine rings is 1. The van der Waals surface area contributed by atoms with Crippen molar-refractivity contribution in [3.05, 3.63) is 77.4 Å². The van der Waals surface area contributed by atoms with E-state index in [9.17, 15) is 4.79 Å². The third-order valence-corrected chi connectivity index (χ3v) is 4.49. The third kappa shape index (κ3) is 2.85. The number of carbonyl (C=O) groups is 1. The van der Waals surface area contributed by atoms with Crippen LogP contribution in [0.3, 0.4) is 0 Å². The zero-order valence-electron chi connectivity index (χ0n) is 13.3. The summed E-state index contributed by atoms with van der Waals surface area (Å²) >= 11 is 0. The quantitative estimate of drug-likeness (QED) is 0.694. The van der Waals surface area contributed by atoms with Crippen molar-refractivity contribution in [1.29, 1.82) is 0 Å². The second-order valence-corrected chi connectivity index (χ2v) is 6.13. The standard InChI is InChI=1S/C19H18N4O/c24-18(12-14-6-2-1-3-7-14)16-13-23(22-21-16)17-10-4-8-15-9-5-11-20-19(15)17/h1-3,5-7,9,11,13,17H,4,8,10,12H2. The number of aromatic nitrogens is 4.